The number of benzene rings is 1. The smallest absolute Gasteiger partial charge is 0.167 e. The number of allylic oxidation sites excluding steroid dienone is 1. The van der Waals surface area contributed by atoms with E-state index in [1.165, 1.54) is 0 Å². The molecule has 1 aromatic rings. The van der Waals surface area contributed by atoms with Gasteiger partial charge in [0, 0.05) is 17.2 Å². The number of rotatable bonds is 2. The highest BCUT2D eigenvalue weighted by Crippen LogP contribution is 2.65. The van der Waals surface area contributed by atoms with Gasteiger partial charge < -0.3 is 0 Å². The number of fused-ring (bicyclic) bond motifs is 2. The lowest BCUT2D eigenvalue weighted by Crippen LogP contribution is -2.32. The van der Waals surface area contributed by atoms with Crippen molar-refractivity contribution in [1.29, 1.82) is 0 Å². The molecule has 1 aromatic carbocycles. The molecule has 0 amide bonds. The second-order valence-electron chi connectivity index (χ2n) is 6.74. The largest absolute Gasteiger partial charge is 0.294 e. The third kappa shape index (κ3) is 1.59. The summed E-state index contributed by atoms with van der Waals surface area (Å²) in [6.07, 6.45) is 3.61. The number of hydroxylamine groups is 1. The fourth-order valence-electron chi connectivity index (χ4n) is 3.86. The van der Waals surface area contributed by atoms with Gasteiger partial charge in [-0.2, -0.15) is 0 Å². The van der Waals surface area contributed by atoms with Crippen molar-refractivity contribution >= 4 is 11.5 Å². The molecular formula is C17H21NO2. The second-order valence-corrected chi connectivity index (χ2v) is 6.74. The molecular weight excluding hydrogens is 250 g/mol. The molecule has 2 bridgehead atoms. The van der Waals surface area contributed by atoms with Gasteiger partial charge >= 0.3 is 0 Å². The molecule has 20 heavy (non-hydrogen) atoms. The van der Waals surface area contributed by atoms with E-state index in [1.807, 2.05) is 30.3 Å². The van der Waals surface area contributed by atoms with Gasteiger partial charge in [0.05, 0.1) is 5.69 Å². The Labute approximate surface area is 119 Å². The minimum atomic E-state index is -0.277. The average molecular weight is 271 g/mol. The summed E-state index contributed by atoms with van der Waals surface area (Å²) in [5.74, 6) is 0.451. The first-order valence-electron chi connectivity index (χ1n) is 7.17. The van der Waals surface area contributed by atoms with Gasteiger partial charge in [-0.25, -0.2) is 5.06 Å². The Morgan fingerprint density at radius 1 is 1.25 bits per heavy atom. The molecule has 3 rings (SSSR count). The standard InChI is InChI=1S/C17H21NO2/c1-16(2)14-9-10-17(16,3)15(19)13(14)11-18(20)12-7-5-4-6-8-12/h4-8,11,14,20H,9-10H2,1-3H3/b13-11-/t14-,17+/m0/s1. The van der Waals surface area contributed by atoms with Gasteiger partial charge in [0.1, 0.15) is 0 Å². The lowest BCUT2D eigenvalue weighted by atomic mass is 9.70. The van der Waals surface area contributed by atoms with E-state index in [0.717, 1.165) is 23.5 Å². The number of hydrogen-bond acceptors (Lipinski definition) is 3. The van der Waals surface area contributed by atoms with Crippen molar-refractivity contribution in [3.05, 3.63) is 42.1 Å². The average Bonchev–Trinajstić information content (AvgIpc) is 2.74. The summed E-state index contributed by atoms with van der Waals surface area (Å²) < 4.78 is 0. The van der Waals surface area contributed by atoms with Crippen LogP contribution < -0.4 is 5.06 Å². The Balaban J connectivity index is 1.96. The first-order valence-corrected chi connectivity index (χ1v) is 7.17. The molecule has 106 valence electrons. The highest BCUT2D eigenvalue weighted by Gasteiger charge is 2.64. The van der Waals surface area contributed by atoms with Gasteiger partial charge in [-0.3, -0.25) is 10.0 Å². The van der Waals surface area contributed by atoms with Crippen molar-refractivity contribution in [1.82, 2.24) is 0 Å². The molecule has 0 saturated heterocycles. The maximum atomic E-state index is 12.7. The summed E-state index contributed by atoms with van der Waals surface area (Å²) in [5, 5.41) is 11.3. The van der Waals surface area contributed by atoms with Gasteiger partial charge in [-0.05, 0) is 36.3 Å². The second kappa shape index (κ2) is 4.19. The SMILES string of the molecule is CC1(C)[C@H]2CC[C@]1(C)C(=O)/C2=C\N(O)c1ccccc1. The van der Waals surface area contributed by atoms with Crippen LogP contribution in [0.3, 0.4) is 0 Å². The lowest BCUT2D eigenvalue weighted by Gasteiger charge is -2.31. The molecule has 3 nitrogen and oxygen atoms in total. The molecule has 1 N–H and O–H groups in total. The number of ketones is 1. The molecule has 3 heteroatoms. The van der Waals surface area contributed by atoms with E-state index in [0.29, 0.717) is 5.69 Å². The van der Waals surface area contributed by atoms with Crippen molar-refractivity contribution in [2.75, 3.05) is 5.06 Å². The zero-order chi connectivity index (χ0) is 14.5. The molecule has 0 unspecified atom stereocenters. The summed E-state index contributed by atoms with van der Waals surface area (Å²) in [6, 6.07) is 9.27. The summed E-state index contributed by atoms with van der Waals surface area (Å²) in [6.45, 7) is 6.42. The molecule has 2 saturated carbocycles. The van der Waals surface area contributed by atoms with Crippen LogP contribution in [0.15, 0.2) is 42.1 Å². The van der Waals surface area contributed by atoms with Gasteiger partial charge in [0.2, 0.25) is 0 Å². The first kappa shape index (κ1) is 13.4. The van der Waals surface area contributed by atoms with Crippen LogP contribution in [0.2, 0.25) is 0 Å². The molecule has 0 spiro atoms. The van der Waals surface area contributed by atoms with Crippen LogP contribution in [0.1, 0.15) is 33.6 Å². The Morgan fingerprint density at radius 3 is 2.45 bits per heavy atom. The normalized spacial score (nSPS) is 32.9. The Morgan fingerprint density at radius 2 is 1.90 bits per heavy atom. The van der Waals surface area contributed by atoms with Crippen LogP contribution in [-0.4, -0.2) is 11.0 Å². The van der Waals surface area contributed by atoms with Crippen LogP contribution in [-0.2, 0) is 4.79 Å². The fourth-order valence-corrected chi connectivity index (χ4v) is 3.86. The monoisotopic (exact) mass is 271 g/mol. The number of anilines is 1. The van der Waals surface area contributed by atoms with Crippen molar-refractivity contribution in [3.63, 3.8) is 0 Å². The Kier molecular flexibility index (Phi) is 2.80. The number of hydrogen-bond donors (Lipinski definition) is 1. The van der Waals surface area contributed by atoms with E-state index in [-0.39, 0.29) is 22.5 Å². The maximum absolute atomic E-state index is 12.7. The molecule has 2 aliphatic rings. The zero-order valence-corrected chi connectivity index (χ0v) is 12.3. The van der Waals surface area contributed by atoms with Gasteiger partial charge in [0.25, 0.3) is 0 Å². The van der Waals surface area contributed by atoms with E-state index >= 15 is 0 Å². The summed E-state index contributed by atoms with van der Waals surface area (Å²) >= 11 is 0. The minimum absolute atomic E-state index is 0.0204. The van der Waals surface area contributed by atoms with E-state index in [4.69, 9.17) is 0 Å². The van der Waals surface area contributed by atoms with Crippen LogP contribution in [0, 0.1) is 16.7 Å². The van der Waals surface area contributed by atoms with Gasteiger partial charge in [0.15, 0.2) is 5.78 Å². The van der Waals surface area contributed by atoms with Crippen molar-refractivity contribution < 1.29 is 10.0 Å². The van der Waals surface area contributed by atoms with Gasteiger partial charge in [-0.15, -0.1) is 0 Å². The van der Waals surface area contributed by atoms with Gasteiger partial charge in [-0.1, -0.05) is 39.0 Å². The van der Waals surface area contributed by atoms with Crippen LogP contribution in [0.5, 0.6) is 0 Å². The van der Waals surface area contributed by atoms with Crippen LogP contribution in [0.4, 0.5) is 5.69 Å². The lowest BCUT2D eigenvalue weighted by molar-refractivity contribution is -0.125. The number of carbonyl (C=O) groups is 1. The van der Waals surface area contributed by atoms with E-state index in [1.54, 1.807) is 6.20 Å². The van der Waals surface area contributed by atoms with E-state index in [9.17, 15) is 10.0 Å². The van der Waals surface area contributed by atoms with Crippen molar-refractivity contribution in [2.24, 2.45) is 16.7 Å². The Bertz CT molecular complexity index is 576. The quantitative estimate of drug-likeness (QED) is 0.657. The maximum Gasteiger partial charge on any atom is 0.167 e. The highest BCUT2D eigenvalue weighted by atomic mass is 16.5. The molecule has 0 aliphatic heterocycles. The number of carbonyl (C=O) groups excluding carboxylic acids is 1. The van der Waals surface area contributed by atoms with Crippen molar-refractivity contribution in [2.45, 2.75) is 33.6 Å². The van der Waals surface area contributed by atoms with Crippen LogP contribution in [0.25, 0.3) is 0 Å². The molecule has 0 radical (unpaired) electrons. The fraction of sp³-hybridized carbons (Fsp3) is 0.471. The predicted molar refractivity (Wildman–Crippen MR) is 78.4 cm³/mol. The highest BCUT2D eigenvalue weighted by molar-refractivity contribution is 6.04. The molecule has 2 fully saturated rings. The first-order chi connectivity index (χ1) is 9.38. The predicted octanol–water partition coefficient (Wildman–Crippen LogP) is 3.79. The third-order valence-corrected chi connectivity index (χ3v) is 5.65. The van der Waals surface area contributed by atoms with Crippen LogP contribution >= 0.6 is 0 Å². The summed E-state index contributed by atoms with van der Waals surface area (Å²) in [4.78, 5) is 12.7. The number of nitrogens with zero attached hydrogens (tertiary/aromatic N) is 1. The Hall–Kier alpha value is -1.61. The van der Waals surface area contributed by atoms with Crippen molar-refractivity contribution in [3.8, 4) is 0 Å². The van der Waals surface area contributed by atoms with E-state index in [2.05, 4.69) is 20.8 Å². The summed E-state index contributed by atoms with van der Waals surface area (Å²) in [5.41, 5.74) is 1.16. The number of para-hydroxylation sites is 1. The molecule has 0 aromatic heterocycles. The van der Waals surface area contributed by atoms with E-state index < -0.39 is 0 Å². The molecule has 2 atom stereocenters. The summed E-state index contributed by atoms with van der Waals surface area (Å²) in [7, 11) is 0. The number of Topliss-reactive ketones (excluding diaryl/α,β-unsaturated/α-hetero) is 1. The zero-order valence-electron chi connectivity index (χ0n) is 12.3. The third-order valence-electron chi connectivity index (χ3n) is 5.65. The topological polar surface area (TPSA) is 40.5 Å². The minimum Gasteiger partial charge on any atom is -0.294 e. The molecule has 0 heterocycles. The molecule has 2 aliphatic carbocycles.